The third-order valence-corrected chi connectivity index (χ3v) is 5.59. The lowest BCUT2D eigenvalue weighted by atomic mass is 9.95. The summed E-state index contributed by atoms with van der Waals surface area (Å²) < 4.78 is 12.7. The Bertz CT molecular complexity index is 1370. The molecule has 8 nitrogen and oxygen atoms in total. The summed E-state index contributed by atoms with van der Waals surface area (Å²) >= 11 is 3.35. The summed E-state index contributed by atoms with van der Waals surface area (Å²) in [6.07, 6.45) is 3.27. The molecule has 3 heterocycles. The number of aromatic nitrogens is 5. The van der Waals surface area contributed by atoms with Crippen molar-refractivity contribution < 1.29 is 9.15 Å². The average molecular weight is 510 g/mol. The Morgan fingerprint density at radius 1 is 1.12 bits per heavy atom. The van der Waals surface area contributed by atoms with Crippen LogP contribution >= 0.6 is 15.9 Å². The molecular formula is C24H24BrN5O3. The van der Waals surface area contributed by atoms with Crippen molar-refractivity contribution in [3.05, 3.63) is 80.9 Å². The predicted molar refractivity (Wildman–Crippen MR) is 128 cm³/mol. The van der Waals surface area contributed by atoms with Gasteiger partial charge in [0.05, 0.1) is 11.4 Å². The number of benzene rings is 1. The average Bonchev–Trinajstić information content (AvgIpc) is 3.20. The van der Waals surface area contributed by atoms with Gasteiger partial charge in [0.25, 0.3) is 5.56 Å². The van der Waals surface area contributed by atoms with Gasteiger partial charge in [-0.3, -0.25) is 9.36 Å². The van der Waals surface area contributed by atoms with Gasteiger partial charge in [0.15, 0.2) is 5.89 Å². The fourth-order valence-corrected chi connectivity index (χ4v) is 3.66. The van der Waals surface area contributed by atoms with Gasteiger partial charge in [-0.2, -0.15) is 4.98 Å². The molecule has 0 atom stereocenters. The van der Waals surface area contributed by atoms with Gasteiger partial charge in [0.2, 0.25) is 5.88 Å². The summed E-state index contributed by atoms with van der Waals surface area (Å²) in [6.45, 7) is 9.87. The minimum absolute atomic E-state index is 0.144. The molecule has 0 saturated heterocycles. The van der Waals surface area contributed by atoms with Gasteiger partial charge in [-0.1, -0.05) is 32.9 Å². The van der Waals surface area contributed by atoms with Crippen molar-refractivity contribution in [1.29, 1.82) is 0 Å². The molecule has 4 aromatic rings. The molecule has 170 valence electrons. The van der Waals surface area contributed by atoms with Crippen molar-refractivity contribution >= 4 is 15.9 Å². The van der Waals surface area contributed by atoms with Gasteiger partial charge in [0.1, 0.15) is 34.7 Å². The molecule has 0 unspecified atom stereocenters. The number of rotatable bonds is 5. The number of aryl methyl sites for hydroxylation is 2. The van der Waals surface area contributed by atoms with Gasteiger partial charge in [0, 0.05) is 24.1 Å². The second-order valence-corrected chi connectivity index (χ2v) is 9.42. The molecule has 0 spiro atoms. The zero-order valence-corrected chi connectivity index (χ0v) is 20.7. The van der Waals surface area contributed by atoms with Gasteiger partial charge in [-0.15, -0.1) is 0 Å². The highest BCUT2D eigenvalue weighted by atomic mass is 79.9. The number of ether oxygens (including phenoxy) is 1. The van der Waals surface area contributed by atoms with Crippen molar-refractivity contribution in [3.63, 3.8) is 0 Å². The van der Waals surface area contributed by atoms with Crippen LogP contribution in [0.25, 0.3) is 16.9 Å². The van der Waals surface area contributed by atoms with Gasteiger partial charge >= 0.3 is 0 Å². The lowest BCUT2D eigenvalue weighted by Gasteiger charge is -2.17. The van der Waals surface area contributed by atoms with Crippen molar-refractivity contribution in [2.24, 2.45) is 0 Å². The van der Waals surface area contributed by atoms with Crippen LogP contribution in [0.3, 0.4) is 0 Å². The Hall–Kier alpha value is -3.33. The number of hydrogen-bond acceptors (Lipinski definition) is 7. The van der Waals surface area contributed by atoms with Crippen molar-refractivity contribution in [1.82, 2.24) is 24.5 Å². The van der Waals surface area contributed by atoms with E-state index in [9.17, 15) is 4.79 Å². The Labute approximate surface area is 199 Å². The van der Waals surface area contributed by atoms with Crippen LogP contribution < -0.4 is 10.3 Å². The first-order valence-corrected chi connectivity index (χ1v) is 11.2. The van der Waals surface area contributed by atoms with E-state index in [1.54, 1.807) is 20.0 Å². The SMILES string of the molecule is Cc1nc(COc2nc(C)n(-c3cccc(-c4ccnc(C(C)(C)C)n4)c3)c(=O)c2Br)co1. The van der Waals surface area contributed by atoms with E-state index >= 15 is 0 Å². The van der Waals surface area contributed by atoms with Crippen LogP contribution in [0.5, 0.6) is 5.88 Å². The van der Waals surface area contributed by atoms with E-state index in [1.165, 1.54) is 10.8 Å². The van der Waals surface area contributed by atoms with Crippen LogP contribution in [0.15, 0.2) is 56.5 Å². The Morgan fingerprint density at radius 2 is 1.91 bits per heavy atom. The summed E-state index contributed by atoms with van der Waals surface area (Å²) in [5.74, 6) is 2.00. The van der Waals surface area contributed by atoms with E-state index in [4.69, 9.17) is 14.1 Å². The fraction of sp³-hybridized carbons (Fsp3) is 0.292. The van der Waals surface area contributed by atoms with Gasteiger partial charge in [-0.05, 0) is 41.1 Å². The zero-order chi connectivity index (χ0) is 23.8. The first-order chi connectivity index (χ1) is 15.6. The zero-order valence-electron chi connectivity index (χ0n) is 19.1. The fourth-order valence-electron chi connectivity index (χ4n) is 3.28. The minimum atomic E-state index is -0.274. The molecule has 0 aliphatic heterocycles. The molecule has 0 saturated carbocycles. The molecule has 0 aliphatic carbocycles. The number of nitrogens with zero attached hydrogens (tertiary/aromatic N) is 5. The monoisotopic (exact) mass is 509 g/mol. The molecular weight excluding hydrogens is 486 g/mol. The van der Waals surface area contributed by atoms with E-state index in [1.807, 2.05) is 30.3 Å². The molecule has 1 aromatic carbocycles. The highest BCUT2D eigenvalue weighted by Gasteiger charge is 2.19. The van der Waals surface area contributed by atoms with Crippen LogP contribution in [0, 0.1) is 13.8 Å². The standard InChI is InChI=1S/C24H24BrN5O3/c1-14-27-21(33-13-17-12-32-15(2)28-17)20(25)22(31)30(14)18-8-6-7-16(11-18)19-9-10-26-23(29-19)24(3,4)5/h6-12H,13H2,1-5H3. The van der Waals surface area contributed by atoms with E-state index in [0.717, 1.165) is 17.1 Å². The molecule has 4 rings (SSSR count). The Balaban J connectivity index is 1.69. The smallest absolute Gasteiger partial charge is 0.276 e. The second kappa shape index (κ2) is 8.90. The van der Waals surface area contributed by atoms with Crippen LogP contribution in [0.4, 0.5) is 0 Å². The van der Waals surface area contributed by atoms with E-state index in [-0.39, 0.29) is 27.9 Å². The summed E-state index contributed by atoms with van der Waals surface area (Å²) in [6, 6.07) is 9.48. The second-order valence-electron chi connectivity index (χ2n) is 8.63. The molecule has 0 radical (unpaired) electrons. The van der Waals surface area contributed by atoms with Gasteiger partial charge in [-0.25, -0.2) is 15.0 Å². The largest absolute Gasteiger partial charge is 0.470 e. The van der Waals surface area contributed by atoms with Crippen LogP contribution in [0.2, 0.25) is 0 Å². The minimum Gasteiger partial charge on any atom is -0.470 e. The highest BCUT2D eigenvalue weighted by molar-refractivity contribution is 9.10. The highest BCUT2D eigenvalue weighted by Crippen LogP contribution is 2.25. The Kier molecular flexibility index (Phi) is 6.16. The topological polar surface area (TPSA) is 95.9 Å². The number of hydrogen-bond donors (Lipinski definition) is 0. The lowest BCUT2D eigenvalue weighted by Crippen LogP contribution is -2.24. The normalized spacial score (nSPS) is 11.6. The van der Waals surface area contributed by atoms with Crippen molar-refractivity contribution in [2.45, 2.75) is 46.6 Å². The van der Waals surface area contributed by atoms with Crippen LogP contribution in [-0.2, 0) is 12.0 Å². The Morgan fingerprint density at radius 3 is 2.61 bits per heavy atom. The molecule has 33 heavy (non-hydrogen) atoms. The molecule has 0 fully saturated rings. The van der Waals surface area contributed by atoms with Gasteiger partial charge < -0.3 is 9.15 Å². The van der Waals surface area contributed by atoms with Crippen molar-refractivity contribution in [3.8, 4) is 22.8 Å². The maximum absolute atomic E-state index is 13.2. The number of oxazole rings is 1. The predicted octanol–water partition coefficient (Wildman–Crippen LogP) is 4.93. The number of halogens is 1. The van der Waals surface area contributed by atoms with E-state index in [2.05, 4.69) is 51.7 Å². The first-order valence-electron chi connectivity index (χ1n) is 10.4. The van der Waals surface area contributed by atoms with Crippen LogP contribution in [0.1, 0.15) is 44.0 Å². The summed E-state index contributed by atoms with van der Waals surface area (Å²) in [7, 11) is 0. The first kappa shape index (κ1) is 22.8. The molecule has 9 heteroatoms. The maximum Gasteiger partial charge on any atom is 0.276 e. The maximum atomic E-state index is 13.2. The molecule has 0 N–H and O–H groups in total. The summed E-state index contributed by atoms with van der Waals surface area (Å²) in [5.41, 5.74) is 2.52. The summed E-state index contributed by atoms with van der Waals surface area (Å²) in [4.78, 5) is 31.0. The molecule has 0 bridgehead atoms. The lowest BCUT2D eigenvalue weighted by molar-refractivity contribution is 0.284. The third kappa shape index (κ3) is 4.88. The van der Waals surface area contributed by atoms with E-state index < -0.39 is 0 Å². The quantitative estimate of drug-likeness (QED) is 0.376. The molecule has 3 aromatic heterocycles. The van der Waals surface area contributed by atoms with Crippen LogP contribution in [-0.4, -0.2) is 24.5 Å². The van der Waals surface area contributed by atoms with E-state index in [0.29, 0.717) is 23.1 Å². The van der Waals surface area contributed by atoms with Crippen molar-refractivity contribution in [2.75, 3.05) is 0 Å². The third-order valence-electron chi connectivity index (χ3n) is 4.92. The molecule has 0 amide bonds. The summed E-state index contributed by atoms with van der Waals surface area (Å²) in [5, 5.41) is 0. The molecule has 0 aliphatic rings.